The first kappa shape index (κ1) is 15.1. The lowest BCUT2D eigenvalue weighted by molar-refractivity contribution is 0.173. The fraction of sp³-hybridized carbons (Fsp3) is 0.294. The average Bonchev–Trinajstić information content (AvgIpc) is 3.02. The van der Waals surface area contributed by atoms with Crippen molar-refractivity contribution in [2.24, 2.45) is 0 Å². The Kier molecular flexibility index (Phi) is 5.08. The SMILES string of the molecule is O=[S@@](CCNCc1cccc2c1OCO2)Cc1ccccc1. The average molecular weight is 317 g/mol. The molecule has 116 valence electrons. The smallest absolute Gasteiger partial charge is 0.231 e. The van der Waals surface area contributed by atoms with Crippen molar-refractivity contribution in [1.82, 2.24) is 5.32 Å². The van der Waals surface area contributed by atoms with Gasteiger partial charge >= 0.3 is 0 Å². The highest BCUT2D eigenvalue weighted by Crippen LogP contribution is 2.35. The van der Waals surface area contributed by atoms with Crippen LogP contribution >= 0.6 is 0 Å². The van der Waals surface area contributed by atoms with Crippen molar-refractivity contribution in [2.75, 3.05) is 19.1 Å². The number of nitrogens with one attached hydrogen (secondary N) is 1. The van der Waals surface area contributed by atoms with Gasteiger partial charge in [0, 0.05) is 41.0 Å². The third-order valence-corrected chi connectivity index (χ3v) is 4.79. The molecule has 2 aromatic carbocycles. The molecule has 1 N–H and O–H groups in total. The molecule has 1 heterocycles. The molecule has 3 rings (SSSR count). The number of rotatable bonds is 7. The fourth-order valence-corrected chi connectivity index (χ4v) is 3.45. The van der Waals surface area contributed by atoms with Crippen LogP contribution in [0.5, 0.6) is 11.5 Å². The van der Waals surface area contributed by atoms with Gasteiger partial charge in [0.2, 0.25) is 6.79 Å². The van der Waals surface area contributed by atoms with Gasteiger partial charge < -0.3 is 14.8 Å². The largest absolute Gasteiger partial charge is 0.454 e. The molecule has 4 nitrogen and oxygen atoms in total. The van der Waals surface area contributed by atoms with Crippen molar-refractivity contribution in [3.63, 3.8) is 0 Å². The zero-order valence-corrected chi connectivity index (χ0v) is 13.1. The molecule has 0 saturated heterocycles. The normalized spacial score (nSPS) is 14.0. The fourth-order valence-electron chi connectivity index (χ4n) is 2.37. The van der Waals surface area contributed by atoms with E-state index in [-0.39, 0.29) is 6.79 Å². The molecule has 1 atom stereocenters. The lowest BCUT2D eigenvalue weighted by Crippen LogP contribution is -2.20. The predicted molar refractivity (Wildman–Crippen MR) is 87.4 cm³/mol. The molecule has 2 aromatic rings. The van der Waals surface area contributed by atoms with Gasteiger partial charge in [0.25, 0.3) is 0 Å². The molecule has 0 unspecified atom stereocenters. The monoisotopic (exact) mass is 317 g/mol. The molecule has 0 radical (unpaired) electrons. The third kappa shape index (κ3) is 3.87. The molecule has 0 amide bonds. The Morgan fingerprint density at radius 3 is 2.77 bits per heavy atom. The summed E-state index contributed by atoms with van der Waals surface area (Å²) in [4.78, 5) is 0. The molecule has 0 bridgehead atoms. The van der Waals surface area contributed by atoms with Gasteiger partial charge in [-0.3, -0.25) is 4.21 Å². The Labute approximate surface area is 132 Å². The molecule has 0 aliphatic carbocycles. The zero-order valence-electron chi connectivity index (χ0n) is 12.3. The van der Waals surface area contributed by atoms with Crippen LogP contribution in [0, 0.1) is 0 Å². The van der Waals surface area contributed by atoms with Crippen LogP contribution in [0.4, 0.5) is 0 Å². The lowest BCUT2D eigenvalue weighted by atomic mass is 10.2. The summed E-state index contributed by atoms with van der Waals surface area (Å²) in [5, 5.41) is 3.32. The van der Waals surface area contributed by atoms with Gasteiger partial charge in [0.15, 0.2) is 11.5 Å². The van der Waals surface area contributed by atoms with Crippen LogP contribution in [0.15, 0.2) is 48.5 Å². The van der Waals surface area contributed by atoms with E-state index in [0.29, 0.717) is 24.6 Å². The van der Waals surface area contributed by atoms with Crippen LogP contribution in [-0.4, -0.2) is 23.3 Å². The van der Waals surface area contributed by atoms with Gasteiger partial charge in [-0.15, -0.1) is 0 Å². The summed E-state index contributed by atoms with van der Waals surface area (Å²) in [5.41, 5.74) is 2.19. The van der Waals surface area contributed by atoms with E-state index in [4.69, 9.17) is 9.47 Å². The maximum Gasteiger partial charge on any atom is 0.231 e. The van der Waals surface area contributed by atoms with Crippen LogP contribution in [0.25, 0.3) is 0 Å². The highest BCUT2D eigenvalue weighted by Gasteiger charge is 2.16. The Morgan fingerprint density at radius 1 is 1.05 bits per heavy atom. The minimum Gasteiger partial charge on any atom is -0.454 e. The molecule has 5 heteroatoms. The molecular weight excluding hydrogens is 298 g/mol. The van der Waals surface area contributed by atoms with Gasteiger partial charge in [0.1, 0.15) is 0 Å². The van der Waals surface area contributed by atoms with E-state index in [9.17, 15) is 4.21 Å². The van der Waals surface area contributed by atoms with E-state index in [1.807, 2.05) is 48.5 Å². The molecular formula is C17H19NO3S. The summed E-state index contributed by atoms with van der Waals surface area (Å²) in [6.07, 6.45) is 0. The van der Waals surface area contributed by atoms with E-state index in [0.717, 1.165) is 22.6 Å². The number of benzene rings is 2. The number of ether oxygens (including phenoxy) is 2. The van der Waals surface area contributed by atoms with Crippen LogP contribution in [0.1, 0.15) is 11.1 Å². The van der Waals surface area contributed by atoms with Crippen molar-refractivity contribution in [2.45, 2.75) is 12.3 Å². The number of fused-ring (bicyclic) bond motifs is 1. The zero-order chi connectivity index (χ0) is 15.2. The van der Waals surface area contributed by atoms with Crippen molar-refractivity contribution in [3.05, 3.63) is 59.7 Å². The highest BCUT2D eigenvalue weighted by atomic mass is 32.2. The summed E-state index contributed by atoms with van der Waals surface area (Å²) >= 11 is 0. The van der Waals surface area contributed by atoms with Crippen molar-refractivity contribution >= 4 is 10.8 Å². The second-order valence-electron chi connectivity index (χ2n) is 5.10. The Morgan fingerprint density at radius 2 is 1.91 bits per heavy atom. The van der Waals surface area contributed by atoms with E-state index < -0.39 is 10.8 Å². The van der Waals surface area contributed by atoms with Crippen LogP contribution in [0.2, 0.25) is 0 Å². The number of para-hydroxylation sites is 1. The van der Waals surface area contributed by atoms with Crippen molar-refractivity contribution in [3.8, 4) is 11.5 Å². The molecule has 0 spiro atoms. The molecule has 1 aliphatic heterocycles. The Hall–Kier alpha value is -1.85. The van der Waals surface area contributed by atoms with Crippen molar-refractivity contribution < 1.29 is 13.7 Å². The van der Waals surface area contributed by atoms with Crippen molar-refractivity contribution in [1.29, 1.82) is 0 Å². The standard InChI is InChI=1S/C17H19NO3S/c19-22(12-14-5-2-1-3-6-14)10-9-18-11-15-7-4-8-16-17(15)21-13-20-16/h1-8,18H,9-13H2/t22-/m0/s1. The molecule has 0 fully saturated rings. The second kappa shape index (κ2) is 7.42. The Bertz CT molecular complexity index is 646. The molecule has 0 saturated carbocycles. The number of hydrogen-bond acceptors (Lipinski definition) is 4. The van der Waals surface area contributed by atoms with Gasteiger partial charge in [-0.05, 0) is 11.6 Å². The topological polar surface area (TPSA) is 47.6 Å². The van der Waals surface area contributed by atoms with Gasteiger partial charge in [-0.2, -0.15) is 0 Å². The highest BCUT2D eigenvalue weighted by molar-refractivity contribution is 7.84. The van der Waals surface area contributed by atoms with E-state index in [1.54, 1.807) is 0 Å². The molecule has 1 aliphatic rings. The minimum absolute atomic E-state index is 0.285. The summed E-state index contributed by atoms with van der Waals surface area (Å²) < 4.78 is 22.9. The lowest BCUT2D eigenvalue weighted by Gasteiger charge is -2.08. The first-order chi connectivity index (χ1) is 10.8. The van der Waals surface area contributed by atoms with E-state index in [1.165, 1.54) is 0 Å². The summed E-state index contributed by atoms with van der Waals surface area (Å²) in [7, 11) is -0.847. The molecule has 0 aromatic heterocycles. The van der Waals surface area contributed by atoms with Gasteiger partial charge in [0.05, 0.1) is 0 Å². The van der Waals surface area contributed by atoms with Crippen LogP contribution in [-0.2, 0) is 23.1 Å². The first-order valence-corrected chi connectivity index (χ1v) is 8.79. The maximum absolute atomic E-state index is 12.0. The first-order valence-electron chi connectivity index (χ1n) is 7.30. The van der Waals surface area contributed by atoms with Crippen LogP contribution < -0.4 is 14.8 Å². The maximum atomic E-state index is 12.0. The Balaban J connectivity index is 1.42. The summed E-state index contributed by atoms with van der Waals surface area (Å²) in [6.45, 7) is 1.69. The predicted octanol–water partition coefficient (Wildman–Crippen LogP) is 2.45. The van der Waals surface area contributed by atoms with Gasteiger partial charge in [-0.25, -0.2) is 0 Å². The van der Waals surface area contributed by atoms with Crippen LogP contribution in [0.3, 0.4) is 0 Å². The summed E-state index contributed by atoms with van der Waals surface area (Å²) in [6, 6.07) is 15.8. The molecule has 22 heavy (non-hydrogen) atoms. The quantitative estimate of drug-likeness (QED) is 0.797. The van der Waals surface area contributed by atoms with E-state index >= 15 is 0 Å². The number of hydrogen-bond donors (Lipinski definition) is 1. The third-order valence-electron chi connectivity index (χ3n) is 3.47. The second-order valence-corrected chi connectivity index (χ2v) is 6.68. The van der Waals surface area contributed by atoms with E-state index in [2.05, 4.69) is 5.32 Å². The summed E-state index contributed by atoms with van der Waals surface area (Å²) in [5.74, 6) is 2.87. The van der Waals surface area contributed by atoms with Gasteiger partial charge in [-0.1, -0.05) is 42.5 Å². The minimum atomic E-state index is -0.847.